The van der Waals surface area contributed by atoms with E-state index >= 15 is 0 Å². The van der Waals surface area contributed by atoms with Gasteiger partial charge in [0.05, 0.1) is 12.3 Å². The van der Waals surface area contributed by atoms with Crippen LogP contribution in [-0.2, 0) is 0 Å². The number of nitrogens with two attached hydrogens (primary N) is 1. The third-order valence-corrected chi connectivity index (χ3v) is 4.46. The third-order valence-electron chi connectivity index (χ3n) is 3.48. The Labute approximate surface area is 111 Å². The predicted octanol–water partition coefficient (Wildman–Crippen LogP) is 1.56. The largest absolute Gasteiger partial charge is 0.396 e. The van der Waals surface area contributed by atoms with Gasteiger partial charge in [-0.05, 0) is 19.8 Å². The van der Waals surface area contributed by atoms with Crippen LogP contribution in [0.15, 0.2) is 0 Å². The molecule has 0 radical (unpaired) electrons. The number of anilines is 1. The van der Waals surface area contributed by atoms with Crippen molar-refractivity contribution in [3.05, 3.63) is 10.6 Å². The minimum Gasteiger partial charge on any atom is -0.396 e. The maximum absolute atomic E-state index is 12.0. The van der Waals surface area contributed by atoms with Gasteiger partial charge in [-0.1, -0.05) is 25.2 Å². The summed E-state index contributed by atoms with van der Waals surface area (Å²) < 4.78 is 0. The Bertz CT molecular complexity index is 405. The number of carbonyl (C=O) groups excluding carboxylic acids is 1. The van der Waals surface area contributed by atoms with Gasteiger partial charge in [0.1, 0.15) is 4.88 Å². The zero-order chi connectivity index (χ0) is 13.8. The topological polar surface area (TPSA) is 88.2 Å². The van der Waals surface area contributed by atoms with Gasteiger partial charge in [-0.3, -0.25) is 4.79 Å². The van der Waals surface area contributed by atoms with Crippen molar-refractivity contribution in [3.63, 3.8) is 0 Å². The minimum atomic E-state index is -0.236. The van der Waals surface area contributed by atoms with Crippen molar-refractivity contribution >= 4 is 22.4 Å². The highest BCUT2D eigenvalue weighted by molar-refractivity contribution is 7.17. The Morgan fingerprint density at radius 3 is 2.50 bits per heavy atom. The van der Waals surface area contributed by atoms with E-state index in [-0.39, 0.29) is 17.9 Å². The Morgan fingerprint density at radius 1 is 1.50 bits per heavy atom. The molecule has 1 amide bonds. The number of nitrogens with one attached hydrogen (secondary N) is 1. The molecule has 0 fully saturated rings. The maximum atomic E-state index is 12.0. The number of hydrogen-bond acceptors (Lipinski definition) is 5. The van der Waals surface area contributed by atoms with E-state index in [2.05, 4.69) is 10.3 Å². The molecular formula is C12H21N3O2S. The van der Waals surface area contributed by atoms with Crippen LogP contribution >= 0.6 is 11.3 Å². The van der Waals surface area contributed by atoms with Gasteiger partial charge in [-0.15, -0.1) is 0 Å². The van der Waals surface area contributed by atoms with E-state index in [9.17, 15) is 9.90 Å². The van der Waals surface area contributed by atoms with E-state index in [4.69, 9.17) is 5.73 Å². The van der Waals surface area contributed by atoms with E-state index in [0.29, 0.717) is 22.2 Å². The first-order valence-electron chi connectivity index (χ1n) is 6.10. The number of aryl methyl sites for hydroxylation is 1. The molecule has 18 heavy (non-hydrogen) atoms. The van der Waals surface area contributed by atoms with E-state index in [1.54, 1.807) is 6.92 Å². The van der Waals surface area contributed by atoms with Crippen LogP contribution in [0.1, 0.15) is 42.1 Å². The molecular weight excluding hydrogens is 250 g/mol. The molecule has 0 unspecified atom stereocenters. The van der Waals surface area contributed by atoms with Crippen molar-refractivity contribution in [2.45, 2.75) is 33.6 Å². The third kappa shape index (κ3) is 3.20. The highest BCUT2D eigenvalue weighted by atomic mass is 32.1. The van der Waals surface area contributed by atoms with Gasteiger partial charge < -0.3 is 16.2 Å². The van der Waals surface area contributed by atoms with Crippen molar-refractivity contribution in [1.82, 2.24) is 10.3 Å². The van der Waals surface area contributed by atoms with Crippen LogP contribution in [0.4, 0.5) is 5.13 Å². The number of aliphatic hydroxyl groups is 1. The average Bonchev–Trinajstić information content (AvgIpc) is 2.70. The quantitative estimate of drug-likeness (QED) is 0.732. The maximum Gasteiger partial charge on any atom is 0.263 e. The number of thiazole rings is 1. The average molecular weight is 271 g/mol. The lowest BCUT2D eigenvalue weighted by atomic mass is 9.83. The summed E-state index contributed by atoms with van der Waals surface area (Å²) in [6.07, 6.45) is 1.65. The summed E-state index contributed by atoms with van der Waals surface area (Å²) in [6, 6.07) is 0. The Balaban J connectivity index is 2.69. The second-order valence-electron chi connectivity index (χ2n) is 4.51. The molecule has 6 heteroatoms. The van der Waals surface area contributed by atoms with Crippen molar-refractivity contribution in [2.75, 3.05) is 18.9 Å². The Kier molecular flexibility index (Phi) is 5.10. The SMILES string of the molecule is CCC(CC)(CO)CNC(=O)c1sc(N)nc1C. The number of carbonyl (C=O) groups is 1. The van der Waals surface area contributed by atoms with E-state index in [0.717, 1.165) is 12.8 Å². The molecule has 0 aliphatic heterocycles. The van der Waals surface area contributed by atoms with Gasteiger partial charge in [0.25, 0.3) is 5.91 Å². The highest BCUT2D eigenvalue weighted by Gasteiger charge is 2.26. The first-order chi connectivity index (χ1) is 8.48. The lowest BCUT2D eigenvalue weighted by Crippen LogP contribution is -2.39. The first-order valence-corrected chi connectivity index (χ1v) is 6.91. The molecule has 0 aromatic carbocycles. The van der Waals surface area contributed by atoms with Crippen LogP contribution < -0.4 is 11.1 Å². The van der Waals surface area contributed by atoms with Gasteiger partial charge in [0, 0.05) is 12.0 Å². The van der Waals surface area contributed by atoms with Gasteiger partial charge in [0.2, 0.25) is 0 Å². The molecule has 1 aromatic heterocycles. The highest BCUT2D eigenvalue weighted by Crippen LogP contribution is 2.25. The molecule has 102 valence electrons. The second-order valence-corrected chi connectivity index (χ2v) is 5.55. The summed E-state index contributed by atoms with van der Waals surface area (Å²) in [7, 11) is 0. The number of nitrogen functional groups attached to an aromatic ring is 1. The van der Waals surface area contributed by atoms with E-state index in [1.165, 1.54) is 11.3 Å². The molecule has 1 aromatic rings. The molecule has 0 aliphatic rings. The number of aliphatic hydroxyl groups excluding tert-OH is 1. The van der Waals surface area contributed by atoms with Gasteiger partial charge in [0.15, 0.2) is 5.13 Å². The van der Waals surface area contributed by atoms with E-state index in [1.807, 2.05) is 13.8 Å². The summed E-state index contributed by atoms with van der Waals surface area (Å²) in [5, 5.41) is 12.7. The summed E-state index contributed by atoms with van der Waals surface area (Å²) in [5.41, 5.74) is 5.98. The van der Waals surface area contributed by atoms with Crippen LogP contribution in [0.5, 0.6) is 0 Å². The number of hydrogen-bond donors (Lipinski definition) is 3. The van der Waals surface area contributed by atoms with Gasteiger partial charge in [-0.2, -0.15) is 0 Å². The summed E-state index contributed by atoms with van der Waals surface area (Å²) >= 11 is 1.19. The fraction of sp³-hybridized carbons (Fsp3) is 0.667. The molecule has 1 rings (SSSR count). The number of nitrogens with zero attached hydrogens (tertiary/aromatic N) is 1. The van der Waals surface area contributed by atoms with Crippen LogP contribution in [-0.4, -0.2) is 29.1 Å². The fourth-order valence-electron chi connectivity index (χ4n) is 1.76. The van der Waals surface area contributed by atoms with Crippen LogP contribution in [0.3, 0.4) is 0 Å². The molecule has 0 saturated heterocycles. The summed E-state index contributed by atoms with van der Waals surface area (Å²) in [6.45, 7) is 6.33. The van der Waals surface area contributed by atoms with Crippen molar-refractivity contribution < 1.29 is 9.90 Å². The lowest BCUT2D eigenvalue weighted by molar-refractivity contribution is 0.0854. The molecule has 0 spiro atoms. The van der Waals surface area contributed by atoms with Crippen LogP contribution in [0, 0.1) is 12.3 Å². The summed E-state index contributed by atoms with van der Waals surface area (Å²) in [5.74, 6) is -0.165. The fourth-order valence-corrected chi connectivity index (χ4v) is 2.51. The second kappa shape index (κ2) is 6.15. The lowest BCUT2D eigenvalue weighted by Gasteiger charge is -2.29. The van der Waals surface area contributed by atoms with Crippen molar-refractivity contribution in [2.24, 2.45) is 5.41 Å². The summed E-state index contributed by atoms with van der Waals surface area (Å²) in [4.78, 5) is 16.6. The number of aromatic nitrogens is 1. The van der Waals surface area contributed by atoms with Crippen LogP contribution in [0.2, 0.25) is 0 Å². The zero-order valence-electron chi connectivity index (χ0n) is 11.1. The molecule has 0 saturated carbocycles. The smallest absolute Gasteiger partial charge is 0.263 e. The molecule has 0 bridgehead atoms. The van der Waals surface area contributed by atoms with E-state index < -0.39 is 0 Å². The number of amides is 1. The first kappa shape index (κ1) is 14.9. The standard InChI is InChI=1S/C12H21N3O2S/c1-4-12(5-2,7-16)6-14-10(17)9-8(3)15-11(13)18-9/h16H,4-7H2,1-3H3,(H2,13,15)(H,14,17). The normalized spacial score (nSPS) is 11.6. The zero-order valence-corrected chi connectivity index (χ0v) is 11.9. The number of rotatable bonds is 6. The Hall–Kier alpha value is -1.14. The molecule has 5 nitrogen and oxygen atoms in total. The molecule has 1 heterocycles. The van der Waals surface area contributed by atoms with Crippen molar-refractivity contribution in [3.8, 4) is 0 Å². The Morgan fingerprint density at radius 2 is 2.11 bits per heavy atom. The molecule has 0 atom stereocenters. The minimum absolute atomic E-state index is 0.0735. The molecule has 0 aliphatic carbocycles. The van der Waals surface area contributed by atoms with Crippen LogP contribution in [0.25, 0.3) is 0 Å². The predicted molar refractivity (Wildman–Crippen MR) is 73.7 cm³/mol. The monoisotopic (exact) mass is 271 g/mol. The van der Waals surface area contributed by atoms with Gasteiger partial charge in [-0.25, -0.2) is 4.98 Å². The van der Waals surface area contributed by atoms with Gasteiger partial charge >= 0.3 is 0 Å². The van der Waals surface area contributed by atoms with Crippen molar-refractivity contribution in [1.29, 1.82) is 0 Å². The molecule has 4 N–H and O–H groups in total.